The number of carbonyl (C=O) groups is 1. The smallest absolute Gasteiger partial charge is 0.310 e. The minimum Gasteiger partial charge on any atom is -0.496 e. The van der Waals surface area contributed by atoms with Crippen molar-refractivity contribution in [1.82, 2.24) is 0 Å². The van der Waals surface area contributed by atoms with Crippen molar-refractivity contribution in [3.8, 4) is 11.8 Å². The first-order valence-corrected chi connectivity index (χ1v) is 5.25. The Labute approximate surface area is 102 Å². The number of nitrogens with zero attached hydrogens (tertiary/aromatic N) is 1. The molecule has 0 saturated heterocycles. The van der Waals surface area contributed by atoms with E-state index in [2.05, 4.69) is 20.7 Å². The molecule has 5 heteroatoms. The Balaban J connectivity index is 3.22. The summed E-state index contributed by atoms with van der Waals surface area (Å²) in [5.41, 5.74) is 1.08. The predicted octanol–water partition coefficient (Wildman–Crippen LogP) is 2.04. The summed E-state index contributed by atoms with van der Waals surface area (Å²) < 4.78 is 10.3. The quantitative estimate of drug-likeness (QED) is 0.797. The second-order valence-corrected chi connectivity index (χ2v) is 3.77. The summed E-state index contributed by atoms with van der Waals surface area (Å²) in [5.74, 6) is 0.172. The molecular weight excluding hydrogens is 274 g/mol. The van der Waals surface area contributed by atoms with Gasteiger partial charge in [0, 0.05) is 10.0 Å². The third-order valence-corrected chi connectivity index (χ3v) is 3.00. The lowest BCUT2D eigenvalue weighted by atomic mass is 10.1. The average Bonchev–Trinajstić information content (AvgIpc) is 2.31. The zero-order valence-corrected chi connectivity index (χ0v) is 10.5. The van der Waals surface area contributed by atoms with Crippen LogP contribution in [0.5, 0.6) is 5.75 Å². The van der Waals surface area contributed by atoms with Gasteiger partial charge in [-0.3, -0.25) is 4.79 Å². The van der Waals surface area contributed by atoms with Crippen LogP contribution in [0.4, 0.5) is 0 Å². The van der Waals surface area contributed by atoms with Gasteiger partial charge in [-0.2, -0.15) is 5.26 Å². The molecule has 16 heavy (non-hydrogen) atoms. The largest absolute Gasteiger partial charge is 0.496 e. The number of rotatable bonds is 3. The summed E-state index contributed by atoms with van der Waals surface area (Å²) in [7, 11) is 2.82. The van der Waals surface area contributed by atoms with Gasteiger partial charge in [-0.25, -0.2) is 0 Å². The van der Waals surface area contributed by atoms with Gasteiger partial charge in [0.05, 0.1) is 26.2 Å². The highest BCUT2D eigenvalue weighted by atomic mass is 79.9. The van der Waals surface area contributed by atoms with Gasteiger partial charge >= 0.3 is 5.97 Å². The van der Waals surface area contributed by atoms with Crippen molar-refractivity contribution in [2.24, 2.45) is 0 Å². The molecule has 0 atom stereocenters. The lowest BCUT2D eigenvalue weighted by Crippen LogP contribution is -2.07. The number of esters is 1. The van der Waals surface area contributed by atoms with Crippen molar-refractivity contribution in [2.75, 3.05) is 14.2 Å². The highest BCUT2D eigenvalue weighted by Crippen LogP contribution is 2.30. The van der Waals surface area contributed by atoms with E-state index < -0.39 is 0 Å². The summed E-state index contributed by atoms with van der Waals surface area (Å²) in [6.45, 7) is 0. The minimum atomic E-state index is -0.380. The number of nitriles is 1. The van der Waals surface area contributed by atoms with Gasteiger partial charge in [0.15, 0.2) is 0 Å². The van der Waals surface area contributed by atoms with Crippen LogP contribution >= 0.6 is 15.9 Å². The number of halogens is 1. The minimum absolute atomic E-state index is 0.0653. The molecule has 0 aromatic heterocycles. The van der Waals surface area contributed by atoms with Crippen molar-refractivity contribution in [2.45, 2.75) is 6.42 Å². The van der Waals surface area contributed by atoms with E-state index in [1.807, 2.05) is 6.07 Å². The fourth-order valence-corrected chi connectivity index (χ4v) is 1.82. The summed E-state index contributed by atoms with van der Waals surface area (Å²) in [6, 6.07) is 5.31. The third kappa shape index (κ3) is 2.52. The van der Waals surface area contributed by atoms with Crippen LogP contribution < -0.4 is 4.74 Å². The van der Waals surface area contributed by atoms with E-state index >= 15 is 0 Å². The fraction of sp³-hybridized carbons (Fsp3) is 0.273. The Bertz CT molecular complexity index is 451. The standard InChI is InChI=1S/C11H10BrNO3/c1-15-9-4-3-7(6-13)11(12)8(9)5-10(14)16-2/h3-4H,5H2,1-2H3. The van der Waals surface area contributed by atoms with E-state index in [9.17, 15) is 4.79 Å². The normalized spacial score (nSPS) is 9.38. The van der Waals surface area contributed by atoms with Crippen molar-refractivity contribution in [1.29, 1.82) is 5.26 Å². The lowest BCUT2D eigenvalue weighted by molar-refractivity contribution is -0.139. The number of hydrogen-bond donors (Lipinski definition) is 0. The third-order valence-electron chi connectivity index (χ3n) is 2.09. The maximum atomic E-state index is 11.2. The maximum absolute atomic E-state index is 11.2. The van der Waals surface area contributed by atoms with E-state index in [0.29, 0.717) is 21.3 Å². The average molecular weight is 284 g/mol. The maximum Gasteiger partial charge on any atom is 0.310 e. The van der Waals surface area contributed by atoms with E-state index in [4.69, 9.17) is 10.00 Å². The molecule has 0 aliphatic carbocycles. The zero-order valence-electron chi connectivity index (χ0n) is 8.91. The molecule has 0 fully saturated rings. The van der Waals surface area contributed by atoms with Crippen molar-refractivity contribution in [3.63, 3.8) is 0 Å². The molecule has 84 valence electrons. The van der Waals surface area contributed by atoms with Crippen LogP contribution in [0.1, 0.15) is 11.1 Å². The molecule has 0 spiro atoms. The van der Waals surface area contributed by atoms with Crippen LogP contribution in [-0.4, -0.2) is 20.2 Å². The van der Waals surface area contributed by atoms with Gasteiger partial charge in [-0.1, -0.05) is 0 Å². The Hall–Kier alpha value is -1.54. The first-order chi connectivity index (χ1) is 7.63. The molecule has 0 bridgehead atoms. The van der Waals surface area contributed by atoms with E-state index in [1.165, 1.54) is 14.2 Å². The van der Waals surface area contributed by atoms with Gasteiger partial charge in [-0.05, 0) is 28.1 Å². The molecule has 1 aromatic rings. The lowest BCUT2D eigenvalue weighted by Gasteiger charge is -2.10. The van der Waals surface area contributed by atoms with Gasteiger partial charge < -0.3 is 9.47 Å². The number of benzene rings is 1. The molecule has 0 amide bonds. The van der Waals surface area contributed by atoms with E-state index in [-0.39, 0.29) is 12.4 Å². The number of carbonyl (C=O) groups excluding carboxylic acids is 1. The summed E-state index contributed by atoms with van der Waals surface area (Å²) in [5, 5.41) is 8.86. The Morgan fingerprint density at radius 2 is 2.19 bits per heavy atom. The molecule has 1 aromatic carbocycles. The van der Waals surface area contributed by atoms with Crippen LogP contribution in [0, 0.1) is 11.3 Å². The molecule has 0 N–H and O–H groups in total. The second kappa shape index (κ2) is 5.52. The van der Waals surface area contributed by atoms with Crippen LogP contribution in [-0.2, 0) is 16.0 Å². The topological polar surface area (TPSA) is 59.3 Å². The Morgan fingerprint density at radius 1 is 1.50 bits per heavy atom. The Morgan fingerprint density at radius 3 is 2.69 bits per heavy atom. The molecule has 0 aliphatic heterocycles. The van der Waals surface area contributed by atoms with Gasteiger partial charge in [0.2, 0.25) is 0 Å². The highest BCUT2D eigenvalue weighted by Gasteiger charge is 2.15. The number of ether oxygens (including phenoxy) is 2. The molecule has 0 radical (unpaired) electrons. The van der Waals surface area contributed by atoms with Crippen molar-refractivity contribution < 1.29 is 14.3 Å². The molecule has 4 nitrogen and oxygen atoms in total. The predicted molar refractivity (Wildman–Crippen MR) is 61.1 cm³/mol. The van der Waals surface area contributed by atoms with Gasteiger partial charge in [-0.15, -0.1) is 0 Å². The zero-order chi connectivity index (χ0) is 12.1. The van der Waals surface area contributed by atoms with Gasteiger partial charge in [0.25, 0.3) is 0 Å². The molecule has 0 heterocycles. The van der Waals surface area contributed by atoms with Crippen molar-refractivity contribution in [3.05, 3.63) is 27.7 Å². The van der Waals surface area contributed by atoms with Crippen LogP contribution in [0.3, 0.4) is 0 Å². The van der Waals surface area contributed by atoms with E-state index in [1.54, 1.807) is 12.1 Å². The number of methoxy groups -OCH3 is 2. The SMILES string of the molecule is COC(=O)Cc1c(OC)ccc(C#N)c1Br. The highest BCUT2D eigenvalue weighted by molar-refractivity contribution is 9.10. The van der Waals surface area contributed by atoms with Gasteiger partial charge in [0.1, 0.15) is 11.8 Å². The van der Waals surface area contributed by atoms with E-state index in [0.717, 1.165) is 0 Å². The first kappa shape index (κ1) is 12.5. The fourth-order valence-electron chi connectivity index (χ4n) is 1.26. The Kier molecular flexibility index (Phi) is 4.32. The molecule has 0 aliphatic rings. The summed E-state index contributed by atoms with van der Waals surface area (Å²) >= 11 is 3.28. The molecule has 0 saturated carbocycles. The second-order valence-electron chi connectivity index (χ2n) is 2.97. The first-order valence-electron chi connectivity index (χ1n) is 4.46. The molecule has 1 rings (SSSR count). The number of hydrogen-bond acceptors (Lipinski definition) is 4. The molecular formula is C11H10BrNO3. The summed E-state index contributed by atoms with van der Waals surface area (Å²) in [6.07, 6.45) is 0.0653. The van der Waals surface area contributed by atoms with Crippen LogP contribution in [0.2, 0.25) is 0 Å². The summed E-state index contributed by atoms with van der Waals surface area (Å²) in [4.78, 5) is 11.2. The van der Waals surface area contributed by atoms with Crippen LogP contribution in [0.15, 0.2) is 16.6 Å². The molecule has 0 unspecified atom stereocenters. The van der Waals surface area contributed by atoms with Crippen molar-refractivity contribution >= 4 is 21.9 Å². The monoisotopic (exact) mass is 283 g/mol. The van der Waals surface area contributed by atoms with Crippen LogP contribution in [0.25, 0.3) is 0 Å².